The molecule has 0 unspecified atom stereocenters. The number of aryl methyl sites for hydroxylation is 2. The third-order valence-electron chi connectivity index (χ3n) is 4.32. The van der Waals surface area contributed by atoms with Crippen molar-refractivity contribution >= 4 is 51.1 Å². The van der Waals surface area contributed by atoms with Gasteiger partial charge in [-0.05, 0) is 30.0 Å². The number of aromatic nitrogens is 6. The van der Waals surface area contributed by atoms with Crippen LogP contribution in [0.4, 0.5) is 20.0 Å². The smallest absolute Gasteiger partial charge is 0.316 e. The number of rotatable bonds is 4. The number of carbonyl (C=O) groups excluding carboxylic acids is 1. The van der Waals surface area contributed by atoms with Gasteiger partial charge in [0.25, 0.3) is 5.56 Å². The zero-order valence-electron chi connectivity index (χ0n) is 16.4. The summed E-state index contributed by atoms with van der Waals surface area (Å²) in [6.07, 6.45) is 0. The van der Waals surface area contributed by atoms with Gasteiger partial charge >= 0.3 is 11.7 Å². The summed E-state index contributed by atoms with van der Waals surface area (Å²) >= 11 is 2.23. The van der Waals surface area contributed by atoms with Crippen LogP contribution in [0.5, 0.6) is 0 Å². The number of amides is 2. The molecule has 0 atom stereocenters. The van der Waals surface area contributed by atoms with Crippen LogP contribution >= 0.6 is 23.1 Å². The Morgan fingerprint density at radius 1 is 1.10 bits per heavy atom. The molecule has 4 rings (SSSR count). The Morgan fingerprint density at radius 2 is 1.87 bits per heavy atom. The third kappa shape index (κ3) is 3.94. The van der Waals surface area contributed by atoms with Gasteiger partial charge in [-0.15, -0.1) is 10.2 Å². The van der Waals surface area contributed by atoms with Crippen molar-refractivity contribution in [3.8, 4) is 0 Å². The topological polar surface area (TPSA) is 129 Å². The van der Waals surface area contributed by atoms with E-state index >= 15 is 0 Å². The van der Waals surface area contributed by atoms with Crippen LogP contribution in [-0.2, 0) is 21.1 Å². The van der Waals surface area contributed by atoms with Gasteiger partial charge in [0.15, 0.2) is 20.7 Å². The lowest BCUT2D eigenvalue weighted by Crippen LogP contribution is -2.37. The molecule has 3 aromatic heterocycles. The molecule has 0 bridgehead atoms. The molecule has 2 N–H and O–H groups in total. The molecule has 0 aliphatic rings. The Bertz CT molecular complexity index is 1440. The van der Waals surface area contributed by atoms with Gasteiger partial charge in [-0.3, -0.25) is 19.2 Å². The normalized spacial score (nSPS) is 11.1. The van der Waals surface area contributed by atoms with Gasteiger partial charge in [-0.1, -0.05) is 17.4 Å². The van der Waals surface area contributed by atoms with Gasteiger partial charge in [0.05, 0.1) is 0 Å². The van der Waals surface area contributed by atoms with Crippen LogP contribution < -0.4 is 21.9 Å². The van der Waals surface area contributed by atoms with E-state index in [1.807, 2.05) is 0 Å². The summed E-state index contributed by atoms with van der Waals surface area (Å²) in [5.74, 6) is -0.470. The number of anilines is 2. The van der Waals surface area contributed by atoms with Gasteiger partial charge in [-0.2, -0.15) is 0 Å². The van der Waals surface area contributed by atoms with Gasteiger partial charge < -0.3 is 9.88 Å². The predicted octanol–water partition coefficient (Wildman–Crippen LogP) is 1.76. The molecule has 11 nitrogen and oxygen atoms in total. The van der Waals surface area contributed by atoms with Crippen LogP contribution in [0.3, 0.4) is 0 Å². The average molecular weight is 462 g/mol. The molecule has 14 heteroatoms. The molecule has 0 aliphatic heterocycles. The minimum Gasteiger partial charge on any atom is -0.316 e. The quantitative estimate of drug-likeness (QED) is 0.442. The van der Waals surface area contributed by atoms with E-state index in [2.05, 4.69) is 25.8 Å². The molecule has 31 heavy (non-hydrogen) atoms. The maximum atomic E-state index is 13.2. The summed E-state index contributed by atoms with van der Waals surface area (Å²) in [6, 6.07) is 4.88. The maximum absolute atomic E-state index is 13.2. The molecule has 4 aromatic rings. The number of nitrogens with zero attached hydrogens (tertiary/aromatic N) is 6. The highest BCUT2D eigenvalue weighted by atomic mass is 32.2. The van der Waals surface area contributed by atoms with E-state index in [4.69, 9.17) is 0 Å². The van der Waals surface area contributed by atoms with E-state index in [0.29, 0.717) is 15.2 Å². The number of halogens is 1. The summed E-state index contributed by atoms with van der Waals surface area (Å²) in [5, 5.41) is 13.6. The van der Waals surface area contributed by atoms with Crippen LogP contribution in [0.2, 0.25) is 0 Å². The van der Waals surface area contributed by atoms with Crippen molar-refractivity contribution in [2.24, 2.45) is 21.1 Å². The van der Waals surface area contributed by atoms with Gasteiger partial charge in [0.2, 0.25) is 5.13 Å². The summed E-state index contributed by atoms with van der Waals surface area (Å²) in [7, 11) is 4.60. The van der Waals surface area contributed by atoms with Gasteiger partial charge in [0.1, 0.15) is 5.82 Å². The molecular formula is C17H15FN8O3S2. The van der Waals surface area contributed by atoms with Crippen LogP contribution in [0.1, 0.15) is 0 Å². The Balaban J connectivity index is 1.53. The summed E-state index contributed by atoms with van der Waals surface area (Å²) in [4.78, 5) is 41.0. The minimum absolute atomic E-state index is 0.221. The Labute approximate surface area is 181 Å². The van der Waals surface area contributed by atoms with Crippen molar-refractivity contribution in [3.63, 3.8) is 0 Å². The molecule has 2 amide bonds. The number of hydrogen-bond donors (Lipinski definition) is 2. The molecule has 0 saturated heterocycles. The molecule has 0 fully saturated rings. The Morgan fingerprint density at radius 3 is 2.61 bits per heavy atom. The van der Waals surface area contributed by atoms with Crippen LogP contribution in [-0.4, -0.2) is 34.9 Å². The van der Waals surface area contributed by atoms with Gasteiger partial charge in [0, 0.05) is 26.8 Å². The largest absolute Gasteiger partial charge is 0.332 e. The van der Waals surface area contributed by atoms with Crippen molar-refractivity contribution in [1.82, 2.24) is 28.9 Å². The first kappa shape index (κ1) is 20.7. The Hall–Kier alpha value is -3.52. The molecule has 160 valence electrons. The second-order valence-electron chi connectivity index (χ2n) is 6.40. The minimum atomic E-state index is -0.598. The molecule has 0 spiro atoms. The van der Waals surface area contributed by atoms with Crippen molar-refractivity contribution < 1.29 is 9.18 Å². The zero-order chi connectivity index (χ0) is 22.3. The fraction of sp³-hybridized carbons (Fsp3) is 0.176. The lowest BCUT2D eigenvalue weighted by molar-refractivity contribution is 0.262. The second kappa shape index (κ2) is 7.96. The molecular weight excluding hydrogens is 447 g/mol. The maximum Gasteiger partial charge on any atom is 0.332 e. The van der Waals surface area contributed by atoms with E-state index in [0.717, 1.165) is 27.7 Å². The van der Waals surface area contributed by atoms with E-state index in [1.54, 1.807) is 17.7 Å². The predicted molar refractivity (Wildman–Crippen MR) is 114 cm³/mol. The molecule has 3 heterocycles. The number of fused-ring (bicyclic) bond motifs is 1. The van der Waals surface area contributed by atoms with Gasteiger partial charge in [-0.25, -0.2) is 19.0 Å². The average Bonchev–Trinajstić information content (AvgIpc) is 3.29. The number of imidazole rings is 1. The standard InChI is InChI=1S/C17H15FN8O3S2/c1-24-10-11(25(2)17(29)26(3)12(10)27)20-15(24)31-16-23-22-14(30-16)21-13(28)19-9-6-4-5-8(18)7-9/h4-7H,1-3H3,(H2,19,21,22,28). The van der Waals surface area contributed by atoms with Crippen LogP contribution in [0, 0.1) is 5.82 Å². The fourth-order valence-corrected chi connectivity index (χ4v) is 4.49. The number of urea groups is 1. The first-order valence-corrected chi connectivity index (χ1v) is 10.3. The highest BCUT2D eigenvalue weighted by molar-refractivity contribution is 8.01. The molecule has 0 aliphatic carbocycles. The van der Waals surface area contributed by atoms with E-state index < -0.39 is 23.1 Å². The SMILES string of the molecule is Cn1c(=O)c2c(nc(Sc3nnc(NC(=O)Nc4cccc(F)c4)s3)n2C)n(C)c1=O. The summed E-state index contributed by atoms with van der Waals surface area (Å²) in [5.41, 5.74) is -0.0872. The first-order valence-electron chi connectivity index (χ1n) is 8.72. The fourth-order valence-electron chi connectivity index (χ4n) is 2.80. The van der Waals surface area contributed by atoms with Crippen molar-refractivity contribution in [1.29, 1.82) is 0 Å². The zero-order valence-corrected chi connectivity index (χ0v) is 18.0. The summed E-state index contributed by atoms with van der Waals surface area (Å²) in [6.45, 7) is 0. The number of hydrogen-bond acceptors (Lipinski definition) is 8. The van der Waals surface area contributed by atoms with Crippen molar-refractivity contribution in [2.45, 2.75) is 9.50 Å². The van der Waals surface area contributed by atoms with Crippen molar-refractivity contribution in [2.75, 3.05) is 10.6 Å². The number of nitrogens with one attached hydrogen (secondary N) is 2. The molecule has 0 radical (unpaired) electrons. The molecule has 0 saturated carbocycles. The highest BCUT2D eigenvalue weighted by Gasteiger charge is 2.19. The lowest BCUT2D eigenvalue weighted by atomic mass is 10.3. The van der Waals surface area contributed by atoms with Crippen molar-refractivity contribution in [3.05, 3.63) is 50.9 Å². The van der Waals surface area contributed by atoms with E-state index in [1.165, 1.54) is 36.9 Å². The lowest BCUT2D eigenvalue weighted by Gasteiger charge is -2.04. The first-order chi connectivity index (χ1) is 14.7. The van der Waals surface area contributed by atoms with E-state index in [-0.39, 0.29) is 16.3 Å². The summed E-state index contributed by atoms with van der Waals surface area (Å²) < 4.78 is 17.6. The highest BCUT2D eigenvalue weighted by Crippen LogP contribution is 2.32. The molecule has 1 aromatic carbocycles. The van der Waals surface area contributed by atoms with Crippen LogP contribution in [0.25, 0.3) is 11.2 Å². The number of carbonyl (C=O) groups is 1. The van der Waals surface area contributed by atoms with Crippen LogP contribution in [0.15, 0.2) is 43.4 Å². The monoisotopic (exact) mass is 462 g/mol. The van der Waals surface area contributed by atoms with E-state index in [9.17, 15) is 18.8 Å². The third-order valence-corrected chi connectivity index (χ3v) is 6.26. The Kier molecular flexibility index (Phi) is 5.32. The number of benzene rings is 1. The second-order valence-corrected chi connectivity index (χ2v) is 8.59.